The number of aliphatic hydroxyl groups is 1. The Balaban J connectivity index is 4.51. The number of hydrogen-bond donors (Lipinski definition) is 2. The van der Waals surface area contributed by atoms with E-state index in [1.165, 1.54) is 32.1 Å². The molecule has 0 aromatic rings. The summed E-state index contributed by atoms with van der Waals surface area (Å²) in [6, 6.07) is -0.936. The van der Waals surface area contributed by atoms with E-state index in [2.05, 4.69) is 129 Å². The quantitative estimate of drug-likeness (QED) is 0.0274. The Morgan fingerprint density at radius 1 is 0.581 bits per heavy atom. The molecule has 0 aromatic carbocycles. The van der Waals surface area contributed by atoms with Crippen LogP contribution in [0.5, 0.6) is 0 Å². The lowest BCUT2D eigenvalue weighted by molar-refractivity contribution is -0.870. The Bertz CT molecular complexity index is 1410. The van der Waals surface area contributed by atoms with Gasteiger partial charge in [0.05, 0.1) is 39.9 Å². The van der Waals surface area contributed by atoms with Crippen LogP contribution in [-0.2, 0) is 18.4 Å². The normalized spacial score (nSPS) is 15.3. The molecule has 0 saturated carbocycles. The third-order valence-electron chi connectivity index (χ3n) is 9.63. The molecule has 0 fully saturated rings. The second-order valence-electron chi connectivity index (χ2n) is 16.7. The highest BCUT2D eigenvalue weighted by atomic mass is 31.2. The van der Waals surface area contributed by atoms with Gasteiger partial charge in [-0.25, -0.2) is 0 Å². The number of unbranched alkanes of at least 4 members (excludes halogenated alkanes) is 10. The molecule has 62 heavy (non-hydrogen) atoms. The predicted molar refractivity (Wildman–Crippen MR) is 265 cm³/mol. The molecular formula is C53H89N2O6P. The smallest absolute Gasteiger partial charge is 0.268 e. The van der Waals surface area contributed by atoms with Crippen molar-refractivity contribution in [3.63, 3.8) is 0 Å². The highest BCUT2D eigenvalue weighted by molar-refractivity contribution is 7.45. The Kier molecular flexibility index (Phi) is 41.0. The predicted octanol–water partition coefficient (Wildman–Crippen LogP) is 13.2. The molecule has 0 heterocycles. The van der Waals surface area contributed by atoms with Gasteiger partial charge in [-0.1, -0.05) is 167 Å². The van der Waals surface area contributed by atoms with Crippen molar-refractivity contribution < 1.29 is 32.9 Å². The molecule has 0 rings (SSSR count). The second kappa shape index (κ2) is 43.2. The fraction of sp³-hybridized carbons (Fsp3) is 0.604. The molecule has 0 bridgehead atoms. The van der Waals surface area contributed by atoms with E-state index in [0.717, 1.165) is 89.9 Å². The number of phosphoric acid groups is 1. The first-order valence-electron chi connectivity index (χ1n) is 23.9. The van der Waals surface area contributed by atoms with Gasteiger partial charge in [0, 0.05) is 6.42 Å². The maximum absolute atomic E-state index is 12.9. The van der Waals surface area contributed by atoms with Gasteiger partial charge in [-0.05, 0) is 103 Å². The Morgan fingerprint density at radius 3 is 1.48 bits per heavy atom. The van der Waals surface area contributed by atoms with E-state index in [0.29, 0.717) is 23.9 Å². The van der Waals surface area contributed by atoms with Gasteiger partial charge in [0.15, 0.2) is 0 Å². The number of hydrogen-bond acceptors (Lipinski definition) is 6. The van der Waals surface area contributed by atoms with E-state index in [4.69, 9.17) is 9.05 Å². The zero-order chi connectivity index (χ0) is 45.7. The first kappa shape index (κ1) is 58.9. The Hall–Kier alpha value is -3.10. The average Bonchev–Trinajstić information content (AvgIpc) is 3.23. The molecule has 2 N–H and O–H groups in total. The number of phosphoric ester groups is 1. The molecule has 3 unspecified atom stereocenters. The number of carbonyl (C=O) groups is 1. The van der Waals surface area contributed by atoms with Crippen LogP contribution in [0.1, 0.15) is 155 Å². The summed E-state index contributed by atoms with van der Waals surface area (Å²) in [7, 11) is 1.19. The van der Waals surface area contributed by atoms with Crippen LogP contribution in [-0.4, -0.2) is 68.5 Å². The first-order valence-corrected chi connectivity index (χ1v) is 25.4. The molecule has 9 heteroatoms. The molecule has 0 aromatic heterocycles. The van der Waals surface area contributed by atoms with Crippen LogP contribution >= 0.6 is 7.82 Å². The lowest BCUT2D eigenvalue weighted by atomic mass is 10.1. The Morgan fingerprint density at radius 2 is 1.00 bits per heavy atom. The second-order valence-corrected chi connectivity index (χ2v) is 18.1. The van der Waals surface area contributed by atoms with E-state index >= 15 is 0 Å². The van der Waals surface area contributed by atoms with E-state index in [1.54, 1.807) is 6.08 Å². The number of quaternary nitrogens is 1. The number of nitrogens with one attached hydrogen (secondary N) is 1. The number of likely N-dealkylation sites (N-methyl/N-ethyl adjacent to an activating group) is 1. The van der Waals surface area contributed by atoms with Crippen molar-refractivity contribution in [2.45, 2.75) is 167 Å². The SMILES string of the molecule is CC/C=C\C/C=C\C/C=C\C/C=C\C/C=C\C/C=C\C/C=C\CCCCCC(=O)NC(COP(=O)([O-])OCC[N+](C)(C)C)C(O)/C=C/CC/C=C/CC/C=C/CCCCCCC. The summed E-state index contributed by atoms with van der Waals surface area (Å²) in [4.78, 5) is 25.3. The number of carbonyl (C=O) groups excluding carboxylic acids is 1. The maximum atomic E-state index is 12.9. The van der Waals surface area contributed by atoms with Crippen molar-refractivity contribution in [3.05, 3.63) is 122 Å². The maximum Gasteiger partial charge on any atom is 0.268 e. The molecule has 0 aliphatic carbocycles. The summed E-state index contributed by atoms with van der Waals surface area (Å²) in [5.41, 5.74) is 0. The highest BCUT2D eigenvalue weighted by Gasteiger charge is 2.23. The number of allylic oxidation sites excluding steroid dienone is 19. The van der Waals surface area contributed by atoms with E-state index in [1.807, 2.05) is 27.2 Å². The number of nitrogens with zero attached hydrogens (tertiary/aromatic N) is 1. The molecular weight excluding hydrogens is 792 g/mol. The minimum Gasteiger partial charge on any atom is -0.756 e. The molecule has 0 saturated heterocycles. The van der Waals surface area contributed by atoms with Gasteiger partial charge in [-0.15, -0.1) is 0 Å². The molecule has 0 aliphatic heterocycles. The van der Waals surface area contributed by atoms with E-state index < -0.39 is 26.6 Å². The third kappa shape index (κ3) is 44.9. The van der Waals surface area contributed by atoms with Crippen molar-refractivity contribution >= 4 is 13.7 Å². The summed E-state index contributed by atoms with van der Waals surface area (Å²) >= 11 is 0. The summed E-state index contributed by atoms with van der Waals surface area (Å²) in [6.07, 6.45) is 64.0. The fourth-order valence-corrected chi connectivity index (χ4v) is 6.59. The molecule has 352 valence electrons. The number of amides is 1. The average molecular weight is 881 g/mol. The van der Waals surface area contributed by atoms with Crippen LogP contribution in [0, 0.1) is 0 Å². The van der Waals surface area contributed by atoms with Crippen LogP contribution in [0.4, 0.5) is 0 Å². The molecule has 8 nitrogen and oxygen atoms in total. The lowest BCUT2D eigenvalue weighted by Gasteiger charge is -2.29. The monoisotopic (exact) mass is 881 g/mol. The lowest BCUT2D eigenvalue weighted by Crippen LogP contribution is -2.45. The Labute approximate surface area is 380 Å². The zero-order valence-electron chi connectivity index (χ0n) is 39.8. The van der Waals surface area contributed by atoms with Gasteiger partial charge >= 0.3 is 0 Å². The van der Waals surface area contributed by atoms with E-state index in [-0.39, 0.29) is 18.9 Å². The van der Waals surface area contributed by atoms with Crippen molar-refractivity contribution in [2.75, 3.05) is 40.9 Å². The number of aliphatic hydroxyl groups excluding tert-OH is 1. The molecule has 3 atom stereocenters. The van der Waals surface area contributed by atoms with E-state index in [9.17, 15) is 19.4 Å². The fourth-order valence-electron chi connectivity index (χ4n) is 5.87. The first-order chi connectivity index (χ1) is 30.0. The number of rotatable bonds is 41. The largest absolute Gasteiger partial charge is 0.756 e. The summed E-state index contributed by atoms with van der Waals surface area (Å²) in [5.74, 6) is -0.251. The highest BCUT2D eigenvalue weighted by Crippen LogP contribution is 2.38. The molecule has 0 aliphatic rings. The third-order valence-corrected chi connectivity index (χ3v) is 10.6. The van der Waals surface area contributed by atoms with Crippen LogP contribution in [0.15, 0.2) is 122 Å². The summed E-state index contributed by atoms with van der Waals surface area (Å²) in [6.45, 7) is 4.43. The van der Waals surface area contributed by atoms with Crippen LogP contribution in [0.3, 0.4) is 0 Å². The van der Waals surface area contributed by atoms with Crippen molar-refractivity contribution in [2.24, 2.45) is 0 Å². The van der Waals surface area contributed by atoms with Crippen molar-refractivity contribution in [1.82, 2.24) is 5.32 Å². The summed E-state index contributed by atoms with van der Waals surface area (Å²) in [5, 5.41) is 13.7. The van der Waals surface area contributed by atoms with Gasteiger partial charge in [0.25, 0.3) is 7.82 Å². The minimum absolute atomic E-state index is 0.0234. The van der Waals surface area contributed by atoms with Crippen LogP contribution in [0.25, 0.3) is 0 Å². The van der Waals surface area contributed by atoms with Gasteiger partial charge in [-0.3, -0.25) is 9.36 Å². The van der Waals surface area contributed by atoms with Crippen molar-refractivity contribution in [1.29, 1.82) is 0 Å². The summed E-state index contributed by atoms with van der Waals surface area (Å²) < 4.78 is 23.2. The molecule has 0 radical (unpaired) electrons. The van der Waals surface area contributed by atoms with Gasteiger partial charge < -0.3 is 28.8 Å². The standard InChI is InChI=1S/C53H89N2O6P/c1-6-8-10-12-14-16-18-20-22-23-24-25-26-27-28-29-30-31-33-35-37-39-41-43-45-47-53(57)54-51(50-61-62(58,59)60-49-48-55(3,4)5)52(56)46-44-42-40-38-36-34-32-21-19-17-15-13-11-9-7-2/h8,10,14,16,19-22,24-25,27-28,30-31,35-38,44,46,51-52,56H,6-7,9,11-13,15,17-18,23,26,29,32-34,39-43,45,47-50H2,1-5H3,(H-,54,57,58,59)/b10-8-,16-14-,21-19+,22-20-,25-24-,28-27-,31-30-,37-35-,38-36+,46-44+. The molecule has 0 spiro atoms. The topological polar surface area (TPSA) is 108 Å². The van der Waals surface area contributed by atoms with Gasteiger partial charge in [0.1, 0.15) is 13.2 Å². The zero-order valence-corrected chi connectivity index (χ0v) is 40.7. The van der Waals surface area contributed by atoms with Crippen LogP contribution in [0.2, 0.25) is 0 Å². The van der Waals surface area contributed by atoms with Crippen LogP contribution < -0.4 is 10.2 Å². The van der Waals surface area contributed by atoms with Gasteiger partial charge in [-0.2, -0.15) is 0 Å². The molecule has 1 amide bonds. The van der Waals surface area contributed by atoms with Gasteiger partial charge in [0.2, 0.25) is 5.91 Å². The minimum atomic E-state index is -4.62. The van der Waals surface area contributed by atoms with Crippen molar-refractivity contribution in [3.8, 4) is 0 Å².